The number of ether oxygens (including phenoxy) is 4. The van der Waals surface area contributed by atoms with Crippen LogP contribution in [0.2, 0.25) is 0 Å². The molecule has 1 amide bonds. The van der Waals surface area contributed by atoms with E-state index in [0.29, 0.717) is 34.4 Å². The number of carbonyl (C=O) groups excluding carboxylic acids is 1. The molecule has 0 fully saturated rings. The largest absolute Gasteiger partial charge is 0.495 e. The van der Waals surface area contributed by atoms with Gasteiger partial charge in [0.2, 0.25) is 11.7 Å². The minimum absolute atomic E-state index is 0.290. The van der Waals surface area contributed by atoms with Crippen LogP contribution < -0.4 is 30.0 Å². The number of nitrogens with one attached hydrogen (secondary N) is 1. The molecule has 34 heavy (non-hydrogen) atoms. The fourth-order valence-electron chi connectivity index (χ4n) is 3.31. The van der Waals surface area contributed by atoms with E-state index in [9.17, 15) is 4.79 Å². The molecular formula is C27H28N2O5. The molecular weight excluding hydrogens is 432 g/mol. The maximum absolute atomic E-state index is 12.4. The van der Waals surface area contributed by atoms with Crippen molar-refractivity contribution in [2.24, 2.45) is 0 Å². The van der Waals surface area contributed by atoms with Gasteiger partial charge in [0, 0.05) is 11.8 Å². The van der Waals surface area contributed by atoms with Crippen LogP contribution in [0.15, 0.2) is 60.7 Å². The summed E-state index contributed by atoms with van der Waals surface area (Å²) >= 11 is 0. The van der Waals surface area contributed by atoms with Crippen LogP contribution >= 0.6 is 0 Å². The summed E-state index contributed by atoms with van der Waals surface area (Å²) in [6, 6.07) is 16.5. The van der Waals surface area contributed by atoms with Crippen molar-refractivity contribution in [2.45, 2.75) is 0 Å². The average Bonchev–Trinajstić information content (AvgIpc) is 2.86. The number of nitrogen functional groups attached to an aromatic ring is 1. The third-order valence-electron chi connectivity index (χ3n) is 5.05. The van der Waals surface area contributed by atoms with Crippen LogP contribution in [0.1, 0.15) is 16.7 Å². The predicted octanol–water partition coefficient (Wildman–Crippen LogP) is 5.13. The van der Waals surface area contributed by atoms with Crippen LogP contribution in [0.3, 0.4) is 0 Å². The number of anilines is 2. The highest BCUT2D eigenvalue weighted by Gasteiger charge is 2.12. The van der Waals surface area contributed by atoms with Crippen molar-refractivity contribution >= 4 is 35.5 Å². The normalized spacial score (nSPS) is 10.9. The van der Waals surface area contributed by atoms with Crippen molar-refractivity contribution < 1.29 is 23.7 Å². The van der Waals surface area contributed by atoms with Crippen LogP contribution in [-0.2, 0) is 4.79 Å². The number of rotatable bonds is 9. The van der Waals surface area contributed by atoms with Crippen molar-refractivity contribution in [3.05, 3.63) is 77.4 Å². The molecule has 176 valence electrons. The molecule has 0 spiro atoms. The summed E-state index contributed by atoms with van der Waals surface area (Å²) in [4.78, 5) is 12.4. The third-order valence-corrected chi connectivity index (χ3v) is 5.05. The van der Waals surface area contributed by atoms with Crippen molar-refractivity contribution in [1.29, 1.82) is 0 Å². The van der Waals surface area contributed by atoms with E-state index in [1.807, 2.05) is 54.6 Å². The molecule has 0 unspecified atom stereocenters. The van der Waals surface area contributed by atoms with E-state index in [2.05, 4.69) is 5.32 Å². The fourth-order valence-corrected chi connectivity index (χ4v) is 3.31. The minimum Gasteiger partial charge on any atom is -0.495 e. The quantitative estimate of drug-likeness (QED) is 0.261. The summed E-state index contributed by atoms with van der Waals surface area (Å²) < 4.78 is 21.6. The molecule has 3 rings (SSSR count). The molecule has 0 bridgehead atoms. The molecule has 0 aliphatic carbocycles. The molecule has 3 aromatic rings. The monoisotopic (exact) mass is 460 g/mol. The van der Waals surface area contributed by atoms with E-state index in [0.717, 1.165) is 16.7 Å². The summed E-state index contributed by atoms with van der Waals surface area (Å²) in [6.07, 6.45) is 6.95. The molecule has 7 nitrogen and oxygen atoms in total. The Kier molecular flexibility index (Phi) is 8.18. The summed E-state index contributed by atoms with van der Waals surface area (Å²) in [5.74, 6) is 1.92. The van der Waals surface area contributed by atoms with Crippen LogP contribution in [0.4, 0.5) is 11.4 Å². The first-order valence-electron chi connectivity index (χ1n) is 10.5. The zero-order valence-electron chi connectivity index (χ0n) is 19.6. The van der Waals surface area contributed by atoms with E-state index >= 15 is 0 Å². The predicted molar refractivity (Wildman–Crippen MR) is 137 cm³/mol. The number of nitrogens with two attached hydrogens (primary N) is 1. The van der Waals surface area contributed by atoms with Gasteiger partial charge in [-0.2, -0.15) is 0 Å². The van der Waals surface area contributed by atoms with E-state index < -0.39 is 0 Å². The number of benzene rings is 3. The van der Waals surface area contributed by atoms with Crippen LogP contribution in [0.25, 0.3) is 18.2 Å². The smallest absolute Gasteiger partial charge is 0.248 e. The lowest BCUT2D eigenvalue weighted by Crippen LogP contribution is -2.09. The molecule has 3 aromatic carbocycles. The Balaban J connectivity index is 1.77. The maximum atomic E-state index is 12.4. The summed E-state index contributed by atoms with van der Waals surface area (Å²) in [5.41, 5.74) is 9.60. The van der Waals surface area contributed by atoms with Gasteiger partial charge in [-0.15, -0.1) is 0 Å². The highest BCUT2D eigenvalue weighted by molar-refractivity contribution is 6.03. The van der Waals surface area contributed by atoms with Gasteiger partial charge in [-0.3, -0.25) is 4.79 Å². The van der Waals surface area contributed by atoms with Gasteiger partial charge in [-0.05, 0) is 53.1 Å². The number of amides is 1. The first-order chi connectivity index (χ1) is 16.5. The summed E-state index contributed by atoms with van der Waals surface area (Å²) in [6.45, 7) is 0. The SMILES string of the molecule is COc1cc(/C=C/c2cc(OC)c(OC)c(OC)c2)ccc1NC(=O)/C=C/c1ccccc1N. The van der Waals surface area contributed by atoms with Gasteiger partial charge >= 0.3 is 0 Å². The average molecular weight is 461 g/mol. The molecule has 7 heteroatoms. The second-order valence-corrected chi connectivity index (χ2v) is 7.20. The third kappa shape index (κ3) is 5.89. The fraction of sp³-hybridized carbons (Fsp3) is 0.148. The maximum Gasteiger partial charge on any atom is 0.248 e. The standard InChI is InChI=1S/C27H28N2O5/c1-31-23-15-18(9-10-19-16-24(32-2)27(34-4)25(17-19)33-3)11-13-22(23)29-26(30)14-12-20-7-5-6-8-21(20)28/h5-17H,28H2,1-4H3,(H,29,30)/b10-9+,14-12+. The second kappa shape index (κ2) is 11.5. The minimum atomic E-state index is -0.290. The second-order valence-electron chi connectivity index (χ2n) is 7.20. The van der Waals surface area contributed by atoms with Crippen molar-refractivity contribution in [1.82, 2.24) is 0 Å². The van der Waals surface area contributed by atoms with E-state index in [-0.39, 0.29) is 5.91 Å². The Morgan fingerprint density at radius 2 is 1.38 bits per heavy atom. The van der Waals surface area contributed by atoms with Crippen LogP contribution in [-0.4, -0.2) is 34.3 Å². The molecule has 0 atom stereocenters. The van der Waals surface area contributed by atoms with Crippen molar-refractivity contribution in [3.63, 3.8) is 0 Å². The molecule has 0 aromatic heterocycles. The van der Waals surface area contributed by atoms with Crippen LogP contribution in [0, 0.1) is 0 Å². The number of methoxy groups -OCH3 is 4. The molecule has 0 saturated heterocycles. The Bertz CT molecular complexity index is 1190. The number of para-hydroxylation sites is 1. The molecule has 0 aliphatic rings. The zero-order valence-corrected chi connectivity index (χ0v) is 19.6. The molecule has 0 heterocycles. The van der Waals surface area contributed by atoms with Crippen molar-refractivity contribution in [3.8, 4) is 23.0 Å². The van der Waals surface area contributed by atoms with Gasteiger partial charge in [0.15, 0.2) is 11.5 Å². The molecule has 0 saturated carbocycles. The highest BCUT2D eigenvalue weighted by atomic mass is 16.5. The molecule has 0 aliphatic heterocycles. The van der Waals surface area contributed by atoms with E-state index in [4.69, 9.17) is 24.7 Å². The van der Waals surface area contributed by atoms with Gasteiger partial charge in [0.1, 0.15) is 5.75 Å². The van der Waals surface area contributed by atoms with Gasteiger partial charge in [-0.25, -0.2) is 0 Å². The van der Waals surface area contributed by atoms with E-state index in [1.54, 1.807) is 46.6 Å². The van der Waals surface area contributed by atoms with Gasteiger partial charge in [0.25, 0.3) is 0 Å². The Morgan fingerprint density at radius 1 is 0.765 bits per heavy atom. The first kappa shape index (κ1) is 24.3. The zero-order chi connectivity index (χ0) is 24.5. The summed E-state index contributed by atoms with van der Waals surface area (Å²) in [7, 11) is 6.27. The van der Waals surface area contributed by atoms with Gasteiger partial charge < -0.3 is 30.0 Å². The Hall–Kier alpha value is -4.39. The number of hydrogen-bond acceptors (Lipinski definition) is 6. The lowest BCUT2D eigenvalue weighted by Gasteiger charge is -2.13. The highest BCUT2D eigenvalue weighted by Crippen LogP contribution is 2.38. The van der Waals surface area contributed by atoms with E-state index in [1.165, 1.54) is 6.08 Å². The van der Waals surface area contributed by atoms with Crippen molar-refractivity contribution in [2.75, 3.05) is 39.5 Å². The summed E-state index contributed by atoms with van der Waals surface area (Å²) in [5, 5.41) is 2.83. The van der Waals surface area contributed by atoms with Crippen LogP contribution in [0.5, 0.6) is 23.0 Å². The molecule has 0 radical (unpaired) electrons. The lowest BCUT2D eigenvalue weighted by molar-refractivity contribution is -0.111. The number of hydrogen-bond donors (Lipinski definition) is 2. The lowest BCUT2D eigenvalue weighted by atomic mass is 10.1. The topological polar surface area (TPSA) is 92.0 Å². The van der Waals surface area contributed by atoms with Gasteiger partial charge in [-0.1, -0.05) is 36.4 Å². The Morgan fingerprint density at radius 3 is 2.00 bits per heavy atom. The molecule has 3 N–H and O–H groups in total. The first-order valence-corrected chi connectivity index (χ1v) is 10.5. The number of carbonyl (C=O) groups is 1. The van der Waals surface area contributed by atoms with Gasteiger partial charge in [0.05, 0.1) is 34.1 Å². The Labute approximate surface area is 199 Å².